The quantitative estimate of drug-likeness (QED) is 0.743. The van der Waals surface area contributed by atoms with E-state index in [2.05, 4.69) is 32.0 Å². The summed E-state index contributed by atoms with van der Waals surface area (Å²) in [5.74, 6) is 0.126. The van der Waals surface area contributed by atoms with Gasteiger partial charge >= 0.3 is 5.79 Å². The number of ether oxygens (including phenoxy) is 1. The third-order valence-electron chi connectivity index (χ3n) is 3.04. The molecule has 0 spiro atoms. The Balaban J connectivity index is 1.94. The molecule has 1 aliphatic heterocycles. The largest absolute Gasteiger partial charge is 0.461 e. The van der Waals surface area contributed by atoms with E-state index in [1.807, 2.05) is 12.1 Å². The van der Waals surface area contributed by atoms with Crippen molar-refractivity contribution in [2.75, 3.05) is 0 Å². The Morgan fingerprint density at radius 2 is 2.15 bits per heavy atom. The van der Waals surface area contributed by atoms with E-state index in [9.17, 15) is 0 Å². The summed E-state index contributed by atoms with van der Waals surface area (Å²) in [6, 6.07) is 3.61. The average Bonchev–Trinajstić information content (AvgIpc) is 2.99. The highest BCUT2D eigenvalue weighted by atomic mass is 16.8. The van der Waals surface area contributed by atoms with Gasteiger partial charge in [0, 0.05) is 13.0 Å². The lowest BCUT2D eigenvalue weighted by Gasteiger charge is -2.17. The molecule has 20 heavy (non-hydrogen) atoms. The first-order valence-corrected chi connectivity index (χ1v) is 6.79. The van der Waals surface area contributed by atoms with Gasteiger partial charge in [-0.25, -0.2) is 0 Å². The first-order valence-electron chi connectivity index (χ1n) is 6.79. The number of oxime groups is 1. The number of nitrogens with zero attached hydrogens (tertiary/aromatic N) is 1. The Bertz CT molecular complexity index is 536. The van der Waals surface area contributed by atoms with Gasteiger partial charge in [0.1, 0.15) is 0 Å². The third kappa shape index (κ3) is 3.53. The lowest BCUT2D eigenvalue weighted by Crippen LogP contribution is -2.23. The summed E-state index contributed by atoms with van der Waals surface area (Å²) in [4.78, 5) is 5.36. The van der Waals surface area contributed by atoms with Gasteiger partial charge in [0.05, 0.1) is 6.26 Å². The van der Waals surface area contributed by atoms with E-state index in [4.69, 9.17) is 14.0 Å². The molecule has 0 amide bonds. The number of allylic oxidation sites excluding steroid dienone is 3. The van der Waals surface area contributed by atoms with Crippen LogP contribution in [0.5, 0.6) is 0 Å². The Labute approximate surface area is 119 Å². The van der Waals surface area contributed by atoms with Gasteiger partial charge < -0.3 is 14.0 Å². The second-order valence-corrected chi connectivity index (χ2v) is 5.36. The van der Waals surface area contributed by atoms with Crippen molar-refractivity contribution in [1.29, 1.82) is 0 Å². The Morgan fingerprint density at radius 3 is 2.80 bits per heavy atom. The standard InChI is InChI=1S/C16H21NO3/c1-12(2)7-5-8-13(3)11-15-17-20-16(4,19-15)14-9-6-10-18-14/h6-7,9-11H,5,8H2,1-4H3/b13-11+. The van der Waals surface area contributed by atoms with E-state index in [0.29, 0.717) is 11.7 Å². The van der Waals surface area contributed by atoms with Gasteiger partial charge in [-0.05, 0) is 50.9 Å². The summed E-state index contributed by atoms with van der Waals surface area (Å²) in [7, 11) is 0. The normalized spacial score (nSPS) is 22.0. The van der Waals surface area contributed by atoms with Crippen molar-refractivity contribution in [2.24, 2.45) is 5.16 Å². The SMILES string of the molecule is CC(C)=CCC/C(C)=C/C1=NOC(C)(c2ccco2)O1. The van der Waals surface area contributed by atoms with E-state index < -0.39 is 5.79 Å². The summed E-state index contributed by atoms with van der Waals surface area (Å²) in [6.07, 6.45) is 7.72. The average molecular weight is 275 g/mol. The minimum Gasteiger partial charge on any atom is -0.461 e. The van der Waals surface area contributed by atoms with Crippen LogP contribution in [-0.2, 0) is 15.4 Å². The van der Waals surface area contributed by atoms with Gasteiger partial charge in [-0.15, -0.1) is 0 Å². The third-order valence-corrected chi connectivity index (χ3v) is 3.04. The molecule has 1 aliphatic rings. The lowest BCUT2D eigenvalue weighted by atomic mass is 10.1. The van der Waals surface area contributed by atoms with Crippen LogP contribution >= 0.6 is 0 Å². The minimum atomic E-state index is -0.963. The van der Waals surface area contributed by atoms with Crippen LogP contribution in [0.3, 0.4) is 0 Å². The molecule has 108 valence electrons. The molecule has 0 N–H and O–H groups in total. The molecule has 1 unspecified atom stereocenters. The van der Waals surface area contributed by atoms with Crippen LogP contribution in [0.1, 0.15) is 46.3 Å². The summed E-state index contributed by atoms with van der Waals surface area (Å²) >= 11 is 0. The van der Waals surface area contributed by atoms with Gasteiger partial charge in [0.25, 0.3) is 5.90 Å². The molecule has 4 nitrogen and oxygen atoms in total. The molecule has 0 fully saturated rings. The van der Waals surface area contributed by atoms with E-state index >= 15 is 0 Å². The number of hydrogen-bond donors (Lipinski definition) is 0. The van der Waals surface area contributed by atoms with Crippen molar-refractivity contribution < 1.29 is 14.0 Å². The van der Waals surface area contributed by atoms with E-state index in [1.54, 1.807) is 19.3 Å². The molecule has 0 aliphatic carbocycles. The van der Waals surface area contributed by atoms with E-state index in [-0.39, 0.29) is 0 Å². The van der Waals surface area contributed by atoms with E-state index in [0.717, 1.165) is 12.8 Å². The molecule has 1 aromatic rings. The van der Waals surface area contributed by atoms with Crippen LogP contribution in [0.4, 0.5) is 0 Å². The van der Waals surface area contributed by atoms with Gasteiger partial charge in [0.2, 0.25) is 0 Å². The van der Waals surface area contributed by atoms with Crippen molar-refractivity contribution in [3.05, 3.63) is 47.5 Å². The summed E-state index contributed by atoms with van der Waals surface area (Å²) in [5, 5.41) is 3.97. The number of furan rings is 1. The monoisotopic (exact) mass is 275 g/mol. The molecule has 0 saturated heterocycles. The van der Waals surface area contributed by atoms with Crippen molar-refractivity contribution in [3.8, 4) is 0 Å². The second-order valence-electron chi connectivity index (χ2n) is 5.36. The maximum atomic E-state index is 5.73. The second kappa shape index (κ2) is 5.99. The molecule has 0 saturated carbocycles. The maximum absolute atomic E-state index is 5.73. The van der Waals surface area contributed by atoms with Crippen molar-refractivity contribution in [1.82, 2.24) is 0 Å². The van der Waals surface area contributed by atoms with Crippen molar-refractivity contribution in [2.45, 2.75) is 46.3 Å². The highest BCUT2D eigenvalue weighted by Gasteiger charge is 2.40. The summed E-state index contributed by atoms with van der Waals surface area (Å²) in [5.41, 5.74) is 2.54. The van der Waals surface area contributed by atoms with Crippen LogP contribution in [0.25, 0.3) is 0 Å². The Kier molecular flexibility index (Phi) is 4.32. The smallest absolute Gasteiger partial charge is 0.332 e. The Morgan fingerprint density at radius 1 is 1.35 bits per heavy atom. The zero-order chi connectivity index (χ0) is 14.6. The molecule has 1 atom stereocenters. The lowest BCUT2D eigenvalue weighted by molar-refractivity contribution is -0.165. The fourth-order valence-corrected chi connectivity index (χ4v) is 1.93. The fourth-order valence-electron chi connectivity index (χ4n) is 1.93. The van der Waals surface area contributed by atoms with Crippen LogP contribution in [0.2, 0.25) is 0 Å². The van der Waals surface area contributed by atoms with Crippen LogP contribution in [0, 0.1) is 0 Å². The molecule has 2 rings (SSSR count). The zero-order valence-electron chi connectivity index (χ0n) is 12.5. The van der Waals surface area contributed by atoms with E-state index in [1.165, 1.54) is 11.1 Å². The molecule has 0 radical (unpaired) electrons. The number of rotatable bonds is 5. The maximum Gasteiger partial charge on any atom is 0.332 e. The first-order chi connectivity index (χ1) is 9.49. The molecule has 0 bridgehead atoms. The van der Waals surface area contributed by atoms with Gasteiger partial charge in [-0.3, -0.25) is 0 Å². The fraction of sp³-hybridized carbons (Fsp3) is 0.438. The molecule has 1 aromatic heterocycles. The molecule has 0 aromatic carbocycles. The van der Waals surface area contributed by atoms with Crippen LogP contribution in [0.15, 0.2) is 51.3 Å². The van der Waals surface area contributed by atoms with Crippen LogP contribution in [-0.4, -0.2) is 5.90 Å². The summed E-state index contributed by atoms with van der Waals surface area (Å²) < 4.78 is 11.0. The van der Waals surface area contributed by atoms with Crippen LogP contribution < -0.4 is 0 Å². The van der Waals surface area contributed by atoms with Crippen molar-refractivity contribution >= 4 is 5.90 Å². The molecular formula is C16H21NO3. The van der Waals surface area contributed by atoms with Gasteiger partial charge in [-0.1, -0.05) is 17.2 Å². The predicted molar refractivity (Wildman–Crippen MR) is 78.1 cm³/mol. The van der Waals surface area contributed by atoms with Crippen molar-refractivity contribution in [3.63, 3.8) is 0 Å². The predicted octanol–water partition coefficient (Wildman–Crippen LogP) is 4.51. The highest BCUT2D eigenvalue weighted by Crippen LogP contribution is 2.32. The van der Waals surface area contributed by atoms with Gasteiger partial charge in [-0.2, -0.15) is 0 Å². The highest BCUT2D eigenvalue weighted by molar-refractivity contribution is 5.88. The Hall–Kier alpha value is -1.97. The summed E-state index contributed by atoms with van der Waals surface area (Å²) in [6.45, 7) is 8.06. The molecule has 2 heterocycles. The minimum absolute atomic E-state index is 0.485. The zero-order valence-corrected chi connectivity index (χ0v) is 12.5. The first kappa shape index (κ1) is 14.4. The number of hydrogen-bond acceptors (Lipinski definition) is 4. The topological polar surface area (TPSA) is 44.0 Å². The molecule has 4 heteroatoms. The van der Waals surface area contributed by atoms with Gasteiger partial charge in [0.15, 0.2) is 5.76 Å². The molecular weight excluding hydrogens is 254 g/mol.